The van der Waals surface area contributed by atoms with Gasteiger partial charge in [0.1, 0.15) is 0 Å². The molecule has 22 heavy (non-hydrogen) atoms. The van der Waals surface area contributed by atoms with Crippen LogP contribution in [0.4, 0.5) is 0 Å². The first kappa shape index (κ1) is 23.0. The maximum absolute atomic E-state index is 8.35. The van der Waals surface area contributed by atoms with Crippen LogP contribution in [-0.2, 0) is 9.59 Å². The predicted molar refractivity (Wildman–Crippen MR) is 87.8 cm³/mol. The molecule has 0 spiro atoms. The van der Waals surface area contributed by atoms with Crippen LogP contribution in [0, 0.1) is 22.7 Å². The minimum absolute atomic E-state index is 0.363. The standard InChI is InChI=1S/C7H16N2.C7H14.2CHNO/c1-6-4-2-3-5-7(6,8)9;1-7-5-3-2-4-6-7;2*2-1-3/h6H,2-5,8-9H2,1H3;7H,2-6H2,1H3;2*2H. The van der Waals surface area contributed by atoms with Crippen molar-refractivity contribution in [1.82, 2.24) is 0 Å². The molecule has 2 rings (SSSR count). The predicted octanol–water partition coefficient (Wildman–Crippen LogP) is 3.20. The maximum atomic E-state index is 8.35. The van der Waals surface area contributed by atoms with Gasteiger partial charge in [-0.15, -0.1) is 0 Å². The van der Waals surface area contributed by atoms with Gasteiger partial charge in [0, 0.05) is 0 Å². The summed E-state index contributed by atoms with van der Waals surface area (Å²) in [6.45, 7) is 4.50. The summed E-state index contributed by atoms with van der Waals surface area (Å²) in [7, 11) is 0. The quantitative estimate of drug-likeness (QED) is 0.310. The number of rotatable bonds is 0. The molecule has 6 nitrogen and oxygen atoms in total. The lowest BCUT2D eigenvalue weighted by Gasteiger charge is -2.35. The Bertz CT molecular complexity index is 315. The summed E-state index contributed by atoms with van der Waals surface area (Å²) >= 11 is 0. The first-order valence-electron chi connectivity index (χ1n) is 8.01. The van der Waals surface area contributed by atoms with E-state index in [1.165, 1.54) is 51.4 Å². The highest BCUT2D eigenvalue weighted by molar-refractivity contribution is 5.26. The largest absolute Gasteiger partial charge is 0.313 e. The van der Waals surface area contributed by atoms with Crippen LogP contribution in [0.3, 0.4) is 0 Å². The van der Waals surface area contributed by atoms with Crippen LogP contribution in [-0.4, -0.2) is 17.8 Å². The van der Waals surface area contributed by atoms with Gasteiger partial charge in [0.05, 0.1) is 5.66 Å². The molecule has 1 atom stereocenters. The minimum atomic E-state index is -0.363. The Labute approximate surface area is 134 Å². The fourth-order valence-electron chi connectivity index (χ4n) is 2.70. The molecule has 128 valence electrons. The lowest BCUT2D eigenvalue weighted by atomic mass is 9.81. The molecule has 0 aromatic carbocycles. The summed E-state index contributed by atoms with van der Waals surface area (Å²) in [6, 6.07) is 0. The second-order valence-corrected chi connectivity index (χ2v) is 6.21. The molecule has 0 aromatic rings. The molecule has 0 bridgehead atoms. The molecule has 6 heteroatoms. The Morgan fingerprint density at radius 1 is 0.864 bits per heavy atom. The van der Waals surface area contributed by atoms with Gasteiger partial charge >= 0.3 is 0 Å². The fraction of sp³-hybridized carbons (Fsp3) is 0.875. The zero-order valence-electron chi connectivity index (χ0n) is 14.0. The van der Waals surface area contributed by atoms with Gasteiger partial charge in [0.15, 0.2) is 0 Å². The van der Waals surface area contributed by atoms with Crippen molar-refractivity contribution in [2.24, 2.45) is 23.3 Å². The van der Waals surface area contributed by atoms with Gasteiger partial charge in [0.2, 0.25) is 12.2 Å². The first-order chi connectivity index (χ1) is 10.4. The number of nitrogens with two attached hydrogens (primary N) is 2. The number of hydrogen-bond acceptors (Lipinski definition) is 6. The molecule has 2 aliphatic carbocycles. The van der Waals surface area contributed by atoms with Crippen molar-refractivity contribution in [2.45, 2.75) is 77.3 Å². The van der Waals surface area contributed by atoms with Crippen molar-refractivity contribution in [3.05, 3.63) is 0 Å². The van der Waals surface area contributed by atoms with Crippen molar-refractivity contribution in [3.63, 3.8) is 0 Å². The zero-order chi connectivity index (χ0) is 17.4. The molecule has 0 saturated heterocycles. The molecule has 2 fully saturated rings. The molecule has 0 aromatic heterocycles. The van der Waals surface area contributed by atoms with Gasteiger partial charge < -0.3 is 11.5 Å². The van der Waals surface area contributed by atoms with E-state index in [2.05, 4.69) is 13.8 Å². The third-order valence-corrected chi connectivity index (χ3v) is 4.31. The molecule has 0 heterocycles. The summed E-state index contributed by atoms with van der Waals surface area (Å²) in [5.74, 6) is 1.54. The van der Waals surface area contributed by atoms with Crippen molar-refractivity contribution in [1.29, 1.82) is 10.8 Å². The molecule has 2 aliphatic rings. The minimum Gasteiger partial charge on any atom is -0.313 e. The van der Waals surface area contributed by atoms with Crippen LogP contribution in [0.5, 0.6) is 0 Å². The Morgan fingerprint density at radius 2 is 1.27 bits per heavy atom. The van der Waals surface area contributed by atoms with Crippen LogP contribution in [0.25, 0.3) is 0 Å². The van der Waals surface area contributed by atoms with E-state index in [0.29, 0.717) is 5.92 Å². The van der Waals surface area contributed by atoms with Gasteiger partial charge in [0.25, 0.3) is 0 Å². The Hall–Kier alpha value is -1.32. The van der Waals surface area contributed by atoms with Gasteiger partial charge in [-0.1, -0.05) is 58.8 Å². The van der Waals surface area contributed by atoms with E-state index < -0.39 is 0 Å². The molecule has 0 radical (unpaired) electrons. The van der Waals surface area contributed by atoms with E-state index in [1.54, 1.807) is 0 Å². The number of isocyanates is 2. The fourth-order valence-corrected chi connectivity index (χ4v) is 2.70. The van der Waals surface area contributed by atoms with Crippen molar-refractivity contribution in [3.8, 4) is 0 Å². The summed E-state index contributed by atoms with van der Waals surface area (Å²) in [6.07, 6.45) is 13.6. The second kappa shape index (κ2) is 14.6. The van der Waals surface area contributed by atoms with E-state index in [-0.39, 0.29) is 5.66 Å². The van der Waals surface area contributed by atoms with Gasteiger partial charge in [-0.05, 0) is 24.7 Å². The van der Waals surface area contributed by atoms with Gasteiger partial charge in [-0.25, -0.2) is 20.4 Å². The van der Waals surface area contributed by atoms with E-state index in [9.17, 15) is 0 Å². The Morgan fingerprint density at radius 3 is 1.50 bits per heavy atom. The molecule has 0 aliphatic heterocycles. The third-order valence-electron chi connectivity index (χ3n) is 4.31. The van der Waals surface area contributed by atoms with Crippen LogP contribution < -0.4 is 11.5 Å². The topological polar surface area (TPSA) is 134 Å². The molecule has 2 saturated carbocycles. The summed E-state index contributed by atoms with van der Waals surface area (Å²) in [4.78, 5) is 16.7. The lowest BCUT2D eigenvalue weighted by Crippen LogP contribution is -2.56. The zero-order valence-corrected chi connectivity index (χ0v) is 14.0. The highest BCUT2D eigenvalue weighted by Gasteiger charge is 2.29. The van der Waals surface area contributed by atoms with Crippen molar-refractivity contribution in [2.75, 3.05) is 0 Å². The highest BCUT2D eigenvalue weighted by Crippen LogP contribution is 2.27. The molecular weight excluding hydrogens is 280 g/mol. The van der Waals surface area contributed by atoms with Crippen LogP contribution >= 0.6 is 0 Å². The lowest BCUT2D eigenvalue weighted by molar-refractivity contribution is 0.212. The van der Waals surface area contributed by atoms with E-state index in [4.69, 9.17) is 31.9 Å². The smallest absolute Gasteiger partial charge is 0.231 e. The average Bonchev–Trinajstić information content (AvgIpc) is 2.45. The number of hydrogen-bond donors (Lipinski definition) is 4. The average molecular weight is 312 g/mol. The normalized spacial score (nSPS) is 22.8. The summed E-state index contributed by atoms with van der Waals surface area (Å²) in [5, 5.41) is 10.8. The molecule has 0 amide bonds. The van der Waals surface area contributed by atoms with E-state index >= 15 is 0 Å². The third kappa shape index (κ3) is 13.7. The number of carbonyl (C=O) groups excluding carboxylic acids is 2. The van der Waals surface area contributed by atoms with E-state index in [0.717, 1.165) is 24.5 Å². The second-order valence-electron chi connectivity index (χ2n) is 6.21. The van der Waals surface area contributed by atoms with Crippen molar-refractivity contribution < 1.29 is 9.59 Å². The summed E-state index contributed by atoms with van der Waals surface area (Å²) < 4.78 is 0. The highest BCUT2D eigenvalue weighted by atomic mass is 16.1. The van der Waals surface area contributed by atoms with E-state index in [1.807, 2.05) is 0 Å². The van der Waals surface area contributed by atoms with Gasteiger partial charge in [-0.3, -0.25) is 0 Å². The maximum Gasteiger partial charge on any atom is 0.231 e. The van der Waals surface area contributed by atoms with Crippen LogP contribution in [0.2, 0.25) is 0 Å². The SMILES string of the molecule is CC1CCCCC1.CC1CCCCC1(N)N.N=C=O.N=C=O. The molecule has 6 N–H and O–H groups in total. The first-order valence-corrected chi connectivity index (χ1v) is 8.01. The monoisotopic (exact) mass is 312 g/mol. The molecular formula is C16H32N4O2. The van der Waals surface area contributed by atoms with Crippen LogP contribution in [0.1, 0.15) is 71.6 Å². The molecule has 1 unspecified atom stereocenters. The van der Waals surface area contributed by atoms with Crippen LogP contribution in [0.15, 0.2) is 0 Å². The summed E-state index contributed by atoms with van der Waals surface area (Å²) in [5.41, 5.74) is 11.2. The van der Waals surface area contributed by atoms with Crippen molar-refractivity contribution >= 4 is 12.2 Å². The van der Waals surface area contributed by atoms with Gasteiger partial charge in [-0.2, -0.15) is 0 Å². The Kier molecular flexibility index (Phi) is 15.2. The number of nitrogens with one attached hydrogen (secondary N) is 2. The Balaban J connectivity index is 0.